The first kappa shape index (κ1) is 27.9. The second kappa shape index (κ2) is 12.7. The van der Waals surface area contributed by atoms with Gasteiger partial charge in [-0.2, -0.15) is 4.98 Å². The zero-order valence-electron chi connectivity index (χ0n) is 20.7. The van der Waals surface area contributed by atoms with Gasteiger partial charge in [-0.1, -0.05) is 15.8 Å². The van der Waals surface area contributed by atoms with Crippen molar-refractivity contribution in [3.8, 4) is 5.88 Å². The van der Waals surface area contributed by atoms with E-state index in [0.717, 1.165) is 0 Å². The summed E-state index contributed by atoms with van der Waals surface area (Å²) in [5.74, 6) is -0.473. The molecule has 0 spiro atoms. The third-order valence-corrected chi connectivity index (χ3v) is 11.4. The maximum atomic E-state index is 11.0. The monoisotopic (exact) mass is 631 g/mol. The van der Waals surface area contributed by atoms with Gasteiger partial charge in [-0.05, 0) is 32.1 Å². The molecule has 3 N–H and O–H groups in total. The number of aromatic nitrogens is 4. The predicted molar refractivity (Wildman–Crippen MR) is 140 cm³/mol. The number of nitrogens with two attached hydrogens (primary N) is 1. The van der Waals surface area contributed by atoms with Gasteiger partial charge in [0, 0.05) is 43.6 Å². The average Bonchev–Trinajstić information content (AvgIpc) is 3.54. The van der Waals surface area contributed by atoms with Crippen LogP contribution in [0.1, 0.15) is 0 Å². The van der Waals surface area contributed by atoms with Crippen LogP contribution < -0.4 is 10.8 Å². The van der Waals surface area contributed by atoms with Gasteiger partial charge >= 0.3 is 19.5 Å². The van der Waals surface area contributed by atoms with Crippen molar-refractivity contribution in [3.05, 3.63) is 38.4 Å². The van der Waals surface area contributed by atoms with E-state index >= 15 is 0 Å². The molecule has 8 aliphatic heterocycles. The molecule has 1 saturated carbocycles. The molecule has 0 atom stereocenters. The molecule has 15 heteroatoms. The second-order valence-corrected chi connectivity index (χ2v) is 14.4. The minimum absolute atomic E-state index is 0. The van der Waals surface area contributed by atoms with Crippen LogP contribution in [0.3, 0.4) is 0 Å². The first-order chi connectivity index (χ1) is 17.6. The fourth-order valence-electron chi connectivity index (χ4n) is 5.61. The first-order valence-corrected chi connectivity index (χ1v) is 16.0. The molecular formula is C22H33N11OP2Ru. The summed E-state index contributed by atoms with van der Waals surface area (Å²) in [7, 11) is 0.732. The molecule has 6 radical (unpaired) electrons. The maximum absolute atomic E-state index is 11.0. The molecule has 9 fully saturated rings. The Balaban J connectivity index is 0.000000103. The van der Waals surface area contributed by atoms with E-state index in [1.807, 2.05) is 32.1 Å². The second-order valence-electron chi connectivity index (χ2n) is 10.0. The Morgan fingerprint density at radius 1 is 0.676 bits per heavy atom. The number of fused-ring (bicyclic) bond motifs is 1. The van der Waals surface area contributed by atoms with Crippen molar-refractivity contribution >= 4 is 33.0 Å². The van der Waals surface area contributed by atoms with Gasteiger partial charge in [-0.15, -0.1) is 0 Å². The van der Waals surface area contributed by atoms with Crippen LogP contribution in [0.2, 0.25) is 0 Å². The van der Waals surface area contributed by atoms with E-state index in [1.54, 1.807) is 0 Å². The summed E-state index contributed by atoms with van der Waals surface area (Å²) in [5.41, 5.74) is 5.81. The predicted octanol–water partition coefficient (Wildman–Crippen LogP) is 0.348. The van der Waals surface area contributed by atoms with Gasteiger partial charge in [-0.25, -0.2) is 9.97 Å². The largest absolute Gasteiger partial charge is 1.00 e. The van der Waals surface area contributed by atoms with Crippen LogP contribution in [0.15, 0.2) is 6.33 Å². The molecule has 8 saturated heterocycles. The van der Waals surface area contributed by atoms with Crippen LogP contribution in [0.5, 0.6) is 5.88 Å². The third-order valence-electron chi connectivity index (χ3n) is 6.63. The summed E-state index contributed by atoms with van der Waals surface area (Å²) in [4.78, 5) is 28.9. The summed E-state index contributed by atoms with van der Waals surface area (Å²) in [6.07, 6.45) is 19.9. The Morgan fingerprint density at radius 2 is 1.05 bits per heavy atom. The number of anilines is 1. The van der Waals surface area contributed by atoms with Crippen molar-refractivity contribution < 1.29 is 24.6 Å². The average molecular weight is 631 g/mol. The number of nitrogens with zero attached hydrogens (tertiary/aromatic N) is 9. The van der Waals surface area contributed by atoms with Gasteiger partial charge in [-0.3, -0.25) is 29.4 Å². The van der Waals surface area contributed by atoms with Crippen molar-refractivity contribution in [2.75, 3.05) is 83.5 Å². The molecule has 0 unspecified atom stereocenters. The van der Waals surface area contributed by atoms with Crippen molar-refractivity contribution in [3.63, 3.8) is 0 Å². The van der Waals surface area contributed by atoms with Crippen LogP contribution in [-0.4, -0.2) is 127 Å². The molecule has 0 amide bonds. The van der Waals surface area contributed by atoms with Crippen LogP contribution in [0.4, 0.5) is 5.95 Å². The van der Waals surface area contributed by atoms with Crippen LogP contribution >= 0.6 is 15.8 Å². The fourth-order valence-corrected chi connectivity index (χ4v) is 10.6. The van der Waals surface area contributed by atoms with Crippen LogP contribution in [0.25, 0.3) is 11.2 Å². The van der Waals surface area contributed by atoms with Gasteiger partial charge in [0.15, 0.2) is 5.65 Å². The standard InChI is InChI=1S/2C6H12N3P.C5H5N5O.C5H5.Ru/c2*1-7-2-9-3-8(1)5-10(4-7)6-9;6-5-9-3-2(4(11)10-5)7-1-8-3;1-2-4-5-3-1;/h2*1-6H2;1H,(H4,6,7,8,9,10,11);1-5H;/q;;;;+1/p-1. The number of hydrogen-bond donors (Lipinski definition) is 2. The van der Waals surface area contributed by atoms with Gasteiger partial charge < -0.3 is 15.8 Å². The SMILES string of the molecule is C1N2CN3CN1CP(C2)C3.C1N2CN3CN1CP(C2)C3.Nc1nc([O-])c2[nH]cnc2n1.[CH]1[CH][CH][CH][CH]1.[Ru+]. The van der Waals surface area contributed by atoms with E-state index in [1.165, 1.54) is 84.1 Å². The number of nitrogens with one attached hydrogen (secondary N) is 1. The van der Waals surface area contributed by atoms with Crippen LogP contribution in [0, 0.1) is 32.1 Å². The summed E-state index contributed by atoms with van der Waals surface area (Å²) in [5, 5.41) is 11.0. The minimum atomic E-state index is -0.426. The number of imidazole rings is 1. The van der Waals surface area contributed by atoms with Crippen LogP contribution in [-0.2, 0) is 19.5 Å². The molecule has 12 nitrogen and oxygen atoms in total. The number of aromatic amines is 1. The van der Waals surface area contributed by atoms with Gasteiger partial charge in [0.2, 0.25) is 5.95 Å². The normalized spacial score (nSPS) is 37.5. The van der Waals surface area contributed by atoms with Crippen molar-refractivity contribution in [2.24, 2.45) is 0 Å². The molecule has 8 bridgehead atoms. The minimum Gasteiger partial charge on any atom is -0.857 e. The first-order valence-electron chi connectivity index (χ1n) is 12.2. The van der Waals surface area contributed by atoms with Crippen molar-refractivity contribution in [1.82, 2.24) is 49.3 Å². The van der Waals surface area contributed by atoms with E-state index in [2.05, 4.69) is 49.3 Å². The van der Waals surface area contributed by atoms with Crippen molar-refractivity contribution in [2.45, 2.75) is 0 Å². The Hall–Kier alpha value is -0.607. The Labute approximate surface area is 234 Å². The van der Waals surface area contributed by atoms with Gasteiger partial charge in [0.25, 0.3) is 0 Å². The summed E-state index contributed by atoms with van der Waals surface area (Å²) in [6.45, 7) is 7.47. The van der Waals surface area contributed by atoms with E-state index < -0.39 is 5.88 Å². The molecule has 10 heterocycles. The molecule has 37 heavy (non-hydrogen) atoms. The summed E-state index contributed by atoms with van der Waals surface area (Å²) in [6, 6.07) is 0. The number of hydrogen-bond acceptors (Lipinski definition) is 11. The van der Waals surface area contributed by atoms with E-state index in [9.17, 15) is 5.11 Å². The Morgan fingerprint density at radius 3 is 1.41 bits per heavy atom. The van der Waals surface area contributed by atoms with Crippen molar-refractivity contribution in [1.29, 1.82) is 0 Å². The molecule has 0 aromatic carbocycles. The third kappa shape index (κ3) is 7.13. The Kier molecular flexibility index (Phi) is 9.60. The molecule has 2 aromatic heterocycles. The van der Waals surface area contributed by atoms with E-state index in [4.69, 9.17) is 5.73 Å². The topological polar surface area (TPSA) is 123 Å². The summed E-state index contributed by atoms with van der Waals surface area (Å²) >= 11 is 0. The zero-order chi connectivity index (χ0) is 24.5. The number of rotatable bonds is 0. The molecule has 200 valence electrons. The summed E-state index contributed by atoms with van der Waals surface area (Å²) < 4.78 is 0. The molecule has 11 rings (SSSR count). The fraction of sp³-hybridized carbons (Fsp3) is 0.545. The van der Waals surface area contributed by atoms with E-state index in [0.29, 0.717) is 27.0 Å². The van der Waals surface area contributed by atoms with Gasteiger partial charge in [0.1, 0.15) is 0 Å². The molecule has 2 aromatic rings. The molecule has 9 aliphatic rings. The van der Waals surface area contributed by atoms with Gasteiger partial charge in [0.05, 0.1) is 51.9 Å². The maximum Gasteiger partial charge on any atom is 1.00 e. The Bertz CT molecular complexity index is 869. The molecular weight excluding hydrogens is 597 g/mol. The number of H-pyrrole nitrogens is 1. The zero-order valence-corrected chi connectivity index (χ0v) is 24.2. The quantitative estimate of drug-likeness (QED) is 0.310. The number of nitrogen functional groups attached to an aromatic ring is 1. The van der Waals surface area contributed by atoms with E-state index in [-0.39, 0.29) is 25.4 Å². The molecule has 1 aliphatic carbocycles. The smallest absolute Gasteiger partial charge is 0.857 e.